The lowest BCUT2D eigenvalue weighted by Gasteiger charge is -2.41. The van der Waals surface area contributed by atoms with E-state index in [1.54, 1.807) is 0 Å². The van der Waals surface area contributed by atoms with Crippen LogP contribution >= 0.6 is 0 Å². The van der Waals surface area contributed by atoms with Gasteiger partial charge >= 0.3 is 0 Å². The molecule has 188 valence electrons. The third-order valence-electron chi connectivity index (χ3n) is 8.20. The lowest BCUT2D eigenvalue weighted by atomic mass is 9.88. The van der Waals surface area contributed by atoms with E-state index >= 15 is 0 Å². The Balaban J connectivity index is 1.62. The van der Waals surface area contributed by atoms with Crippen molar-refractivity contribution in [3.63, 3.8) is 0 Å². The van der Waals surface area contributed by atoms with Crippen LogP contribution in [0.1, 0.15) is 107 Å². The van der Waals surface area contributed by atoms with E-state index in [0.29, 0.717) is 23.8 Å². The first-order valence-electron chi connectivity index (χ1n) is 14.0. The highest BCUT2D eigenvalue weighted by Gasteiger charge is 2.37. The Labute approximate surface area is 206 Å². The molecule has 1 aromatic carbocycles. The van der Waals surface area contributed by atoms with E-state index in [-0.39, 0.29) is 24.0 Å². The molecule has 2 aliphatic carbocycles. The minimum absolute atomic E-state index is 0.0459. The maximum Gasteiger partial charge on any atom is 0.257 e. The zero-order chi connectivity index (χ0) is 23.8. The number of fused-ring (bicyclic) bond motifs is 2. The molecule has 0 bridgehead atoms. The molecule has 2 fully saturated rings. The highest BCUT2D eigenvalue weighted by Crippen LogP contribution is 2.33. The van der Waals surface area contributed by atoms with Gasteiger partial charge in [-0.15, -0.1) is 0 Å². The summed E-state index contributed by atoms with van der Waals surface area (Å²) in [7, 11) is 0. The van der Waals surface area contributed by atoms with Gasteiger partial charge in [0.2, 0.25) is 5.91 Å². The van der Waals surface area contributed by atoms with Crippen LogP contribution in [-0.4, -0.2) is 53.4 Å². The van der Waals surface area contributed by atoms with Crippen LogP contribution in [0.2, 0.25) is 0 Å². The van der Waals surface area contributed by atoms with Crippen molar-refractivity contribution in [2.24, 2.45) is 5.92 Å². The molecule has 0 radical (unpaired) electrons. The molecule has 1 aromatic rings. The second kappa shape index (κ2) is 12.6. The molecule has 5 nitrogen and oxygen atoms in total. The Morgan fingerprint density at radius 1 is 0.853 bits per heavy atom. The van der Waals surface area contributed by atoms with Crippen molar-refractivity contribution in [2.75, 3.05) is 19.6 Å². The minimum atomic E-state index is -0.0459. The van der Waals surface area contributed by atoms with Crippen LogP contribution in [0, 0.1) is 5.92 Å². The number of carbonyl (C=O) groups excluding carboxylic acids is 2. The standard InChI is InChI=1S/C29H44N2O3/c1-2-30-21-13-5-6-14-22-31(28(32)23-15-7-3-4-8-16-23)25-18-10-12-20-27(25)34-26-19-11-9-17-24(26)29(30)33/h9,11,17,19,23,25,27H,2-8,10,12-16,18,20-22H2,1H3/t25-,27+/m1/s1. The summed E-state index contributed by atoms with van der Waals surface area (Å²) in [5.74, 6) is 1.29. The van der Waals surface area contributed by atoms with E-state index < -0.39 is 0 Å². The van der Waals surface area contributed by atoms with Crippen molar-refractivity contribution in [3.8, 4) is 5.75 Å². The summed E-state index contributed by atoms with van der Waals surface area (Å²) >= 11 is 0. The Kier molecular flexibility index (Phi) is 9.29. The molecule has 0 spiro atoms. The van der Waals surface area contributed by atoms with E-state index in [0.717, 1.165) is 77.3 Å². The normalized spacial score (nSPS) is 26.0. The van der Waals surface area contributed by atoms with Gasteiger partial charge in [-0.25, -0.2) is 0 Å². The Hall–Kier alpha value is -2.04. The number of hydrogen-bond acceptors (Lipinski definition) is 3. The Morgan fingerprint density at radius 2 is 1.50 bits per heavy atom. The number of nitrogens with zero attached hydrogens (tertiary/aromatic N) is 2. The third-order valence-corrected chi connectivity index (χ3v) is 8.20. The molecule has 34 heavy (non-hydrogen) atoms. The van der Waals surface area contributed by atoms with Crippen LogP contribution in [0.3, 0.4) is 0 Å². The molecule has 1 heterocycles. The fourth-order valence-electron chi connectivity index (χ4n) is 6.19. The van der Waals surface area contributed by atoms with Crippen LogP contribution in [0.5, 0.6) is 5.75 Å². The van der Waals surface area contributed by atoms with E-state index in [2.05, 4.69) is 11.8 Å². The molecule has 0 saturated heterocycles. The lowest BCUT2D eigenvalue weighted by molar-refractivity contribution is -0.141. The molecular weight excluding hydrogens is 424 g/mol. The smallest absolute Gasteiger partial charge is 0.257 e. The molecule has 0 N–H and O–H groups in total. The van der Waals surface area contributed by atoms with E-state index in [1.165, 1.54) is 25.7 Å². The average Bonchev–Trinajstić information content (AvgIpc) is 3.15. The Morgan fingerprint density at radius 3 is 2.26 bits per heavy atom. The van der Waals surface area contributed by atoms with Crippen LogP contribution in [0.15, 0.2) is 24.3 Å². The molecule has 5 heteroatoms. The van der Waals surface area contributed by atoms with Gasteiger partial charge in [0.1, 0.15) is 11.9 Å². The first-order valence-corrected chi connectivity index (χ1v) is 14.0. The summed E-state index contributed by atoms with van der Waals surface area (Å²) in [6.45, 7) is 4.39. The van der Waals surface area contributed by atoms with Crippen molar-refractivity contribution in [2.45, 2.75) is 109 Å². The second-order valence-corrected chi connectivity index (χ2v) is 10.5. The van der Waals surface area contributed by atoms with Gasteiger partial charge in [0.05, 0.1) is 11.6 Å². The SMILES string of the molecule is CCN1CCCCCCN(C(=O)C2CCCCCC2)[C@@H]2CCCC[C@@H]2Oc2ccccc2C1=O. The highest BCUT2D eigenvalue weighted by molar-refractivity contribution is 5.97. The van der Waals surface area contributed by atoms with Gasteiger partial charge in [0.25, 0.3) is 5.91 Å². The number of ether oxygens (including phenoxy) is 1. The monoisotopic (exact) mass is 468 g/mol. The summed E-state index contributed by atoms with van der Waals surface area (Å²) in [6, 6.07) is 7.83. The number of carbonyl (C=O) groups is 2. The fraction of sp³-hybridized carbons (Fsp3) is 0.724. The largest absolute Gasteiger partial charge is 0.487 e. The molecule has 2 atom stereocenters. The first-order chi connectivity index (χ1) is 16.7. The zero-order valence-corrected chi connectivity index (χ0v) is 21.2. The van der Waals surface area contributed by atoms with Gasteiger partial charge in [0.15, 0.2) is 0 Å². The summed E-state index contributed by atoms with van der Waals surface area (Å²) < 4.78 is 6.66. The number of para-hydroxylation sites is 1. The van der Waals surface area contributed by atoms with Gasteiger partial charge < -0.3 is 14.5 Å². The van der Waals surface area contributed by atoms with Crippen LogP contribution in [0.25, 0.3) is 0 Å². The van der Waals surface area contributed by atoms with Crippen molar-refractivity contribution in [1.82, 2.24) is 9.80 Å². The number of benzene rings is 1. The van der Waals surface area contributed by atoms with Crippen LogP contribution in [-0.2, 0) is 4.79 Å². The van der Waals surface area contributed by atoms with Gasteiger partial charge in [-0.2, -0.15) is 0 Å². The molecule has 0 unspecified atom stereocenters. The molecule has 2 saturated carbocycles. The van der Waals surface area contributed by atoms with Crippen molar-refractivity contribution in [1.29, 1.82) is 0 Å². The second-order valence-electron chi connectivity index (χ2n) is 10.5. The average molecular weight is 469 g/mol. The van der Waals surface area contributed by atoms with Crippen LogP contribution < -0.4 is 4.74 Å². The molecule has 2 amide bonds. The van der Waals surface area contributed by atoms with Gasteiger partial charge in [0, 0.05) is 25.6 Å². The Bertz CT molecular complexity index is 802. The number of rotatable bonds is 2. The summed E-state index contributed by atoms with van der Waals surface area (Å²) in [5, 5.41) is 0. The third kappa shape index (κ3) is 6.14. The quantitative estimate of drug-likeness (QED) is 0.485. The van der Waals surface area contributed by atoms with Crippen molar-refractivity contribution >= 4 is 11.8 Å². The predicted molar refractivity (Wildman–Crippen MR) is 136 cm³/mol. The van der Waals surface area contributed by atoms with E-state index in [4.69, 9.17) is 4.74 Å². The minimum Gasteiger partial charge on any atom is -0.487 e. The maximum atomic E-state index is 13.9. The molecule has 4 rings (SSSR count). The van der Waals surface area contributed by atoms with Gasteiger partial charge in [-0.1, -0.05) is 57.1 Å². The maximum absolute atomic E-state index is 13.9. The number of amides is 2. The first kappa shape index (κ1) is 25.1. The molecule has 3 aliphatic rings. The fourth-order valence-corrected chi connectivity index (χ4v) is 6.19. The molecular formula is C29H44N2O3. The molecule has 1 aliphatic heterocycles. The van der Waals surface area contributed by atoms with Gasteiger partial charge in [-0.05, 0) is 64.0 Å². The predicted octanol–water partition coefficient (Wildman–Crippen LogP) is 6.21. The summed E-state index contributed by atoms with van der Waals surface area (Å²) in [5.41, 5.74) is 0.660. The van der Waals surface area contributed by atoms with Crippen molar-refractivity contribution < 1.29 is 14.3 Å². The molecule has 0 aromatic heterocycles. The zero-order valence-electron chi connectivity index (χ0n) is 21.2. The summed E-state index contributed by atoms with van der Waals surface area (Å²) in [4.78, 5) is 31.5. The van der Waals surface area contributed by atoms with E-state index in [9.17, 15) is 9.59 Å². The lowest BCUT2D eigenvalue weighted by Crippen LogP contribution is -2.52. The highest BCUT2D eigenvalue weighted by atomic mass is 16.5. The van der Waals surface area contributed by atoms with Crippen LogP contribution in [0.4, 0.5) is 0 Å². The van der Waals surface area contributed by atoms with Gasteiger partial charge in [-0.3, -0.25) is 9.59 Å². The van der Waals surface area contributed by atoms with E-state index in [1.807, 2.05) is 29.2 Å². The number of hydrogen-bond donors (Lipinski definition) is 0. The van der Waals surface area contributed by atoms with Crippen molar-refractivity contribution in [3.05, 3.63) is 29.8 Å². The summed E-state index contributed by atoms with van der Waals surface area (Å²) in [6.07, 6.45) is 15.4. The topological polar surface area (TPSA) is 49.9 Å².